The van der Waals surface area contributed by atoms with Gasteiger partial charge in [0, 0.05) is 0 Å². The van der Waals surface area contributed by atoms with Crippen molar-refractivity contribution >= 4 is 0 Å². The van der Waals surface area contributed by atoms with Gasteiger partial charge in [-0.15, -0.1) is 0 Å². The van der Waals surface area contributed by atoms with E-state index in [2.05, 4.69) is 13.8 Å². The molecule has 0 heteroatoms. The second kappa shape index (κ2) is 6.07. The SMILES string of the molecule is CC(C)C[C@H]1CCCC[C@@H]1C1CCCCC1. The van der Waals surface area contributed by atoms with Crippen LogP contribution in [0, 0.1) is 23.7 Å². The molecule has 2 saturated carbocycles. The van der Waals surface area contributed by atoms with Crippen LogP contribution >= 0.6 is 0 Å². The molecule has 0 aromatic carbocycles. The highest BCUT2D eigenvalue weighted by Crippen LogP contribution is 2.43. The topological polar surface area (TPSA) is 0 Å². The van der Waals surface area contributed by atoms with Gasteiger partial charge in [0.25, 0.3) is 0 Å². The number of rotatable bonds is 3. The number of hydrogen-bond donors (Lipinski definition) is 0. The molecule has 0 nitrogen and oxygen atoms in total. The molecule has 0 saturated heterocycles. The highest BCUT2D eigenvalue weighted by atomic mass is 14.4. The summed E-state index contributed by atoms with van der Waals surface area (Å²) in [4.78, 5) is 0. The lowest BCUT2D eigenvalue weighted by Crippen LogP contribution is -2.29. The molecule has 0 spiro atoms. The third-order valence-electron chi connectivity index (χ3n) is 5.00. The minimum atomic E-state index is 0.911. The van der Waals surface area contributed by atoms with Crippen molar-refractivity contribution in [3.8, 4) is 0 Å². The van der Waals surface area contributed by atoms with E-state index in [1.807, 2.05) is 0 Å². The van der Waals surface area contributed by atoms with E-state index >= 15 is 0 Å². The smallest absolute Gasteiger partial charge is 0.0357 e. The molecular formula is C16H30. The molecule has 0 heterocycles. The van der Waals surface area contributed by atoms with Crippen molar-refractivity contribution in [2.24, 2.45) is 23.7 Å². The van der Waals surface area contributed by atoms with E-state index in [9.17, 15) is 0 Å². The molecule has 0 aromatic rings. The Labute approximate surface area is 102 Å². The van der Waals surface area contributed by atoms with Crippen LogP contribution in [0.2, 0.25) is 0 Å². The fraction of sp³-hybridized carbons (Fsp3) is 1.00. The van der Waals surface area contributed by atoms with E-state index in [1.54, 1.807) is 25.7 Å². The van der Waals surface area contributed by atoms with Crippen LogP contribution in [-0.2, 0) is 0 Å². The fourth-order valence-corrected chi connectivity index (χ4v) is 4.32. The van der Waals surface area contributed by atoms with Crippen molar-refractivity contribution in [1.29, 1.82) is 0 Å². The summed E-state index contributed by atoms with van der Waals surface area (Å²) in [5.41, 5.74) is 0. The van der Waals surface area contributed by atoms with E-state index in [-0.39, 0.29) is 0 Å². The van der Waals surface area contributed by atoms with E-state index in [4.69, 9.17) is 0 Å². The fourth-order valence-electron chi connectivity index (χ4n) is 4.32. The third kappa shape index (κ3) is 3.25. The van der Waals surface area contributed by atoms with Crippen LogP contribution in [0.3, 0.4) is 0 Å². The normalized spacial score (nSPS) is 33.2. The zero-order valence-electron chi connectivity index (χ0n) is 11.4. The molecule has 2 fully saturated rings. The van der Waals surface area contributed by atoms with Gasteiger partial charge in [0.1, 0.15) is 0 Å². The van der Waals surface area contributed by atoms with Gasteiger partial charge in [0.2, 0.25) is 0 Å². The standard InChI is InChI=1S/C16H30/c1-13(2)12-15-10-6-7-11-16(15)14-8-4-3-5-9-14/h13-16H,3-12H2,1-2H3/t15-,16-/m1/s1. The van der Waals surface area contributed by atoms with Crippen LogP contribution in [0.15, 0.2) is 0 Å². The van der Waals surface area contributed by atoms with Gasteiger partial charge in [-0.2, -0.15) is 0 Å². The first-order valence-electron chi connectivity index (χ1n) is 7.77. The molecule has 2 atom stereocenters. The van der Waals surface area contributed by atoms with Crippen molar-refractivity contribution in [2.75, 3.05) is 0 Å². The van der Waals surface area contributed by atoms with Gasteiger partial charge in [-0.05, 0) is 36.5 Å². The molecule has 16 heavy (non-hydrogen) atoms. The van der Waals surface area contributed by atoms with Crippen molar-refractivity contribution in [3.63, 3.8) is 0 Å². The minimum Gasteiger partial charge on any atom is -0.0628 e. The van der Waals surface area contributed by atoms with Crippen molar-refractivity contribution in [2.45, 2.75) is 78.1 Å². The maximum absolute atomic E-state index is 2.41. The monoisotopic (exact) mass is 222 g/mol. The van der Waals surface area contributed by atoms with Crippen LogP contribution < -0.4 is 0 Å². The Balaban J connectivity index is 1.92. The Hall–Kier alpha value is 0. The minimum absolute atomic E-state index is 0.911. The summed E-state index contributed by atoms with van der Waals surface area (Å²) in [5.74, 6) is 4.21. The second-order valence-electron chi connectivity index (χ2n) is 6.74. The largest absolute Gasteiger partial charge is 0.0628 e. The lowest BCUT2D eigenvalue weighted by molar-refractivity contribution is 0.113. The first-order chi connectivity index (χ1) is 7.77. The quantitative estimate of drug-likeness (QED) is 0.598. The average Bonchev–Trinajstić information content (AvgIpc) is 2.30. The van der Waals surface area contributed by atoms with Crippen molar-refractivity contribution < 1.29 is 0 Å². The maximum Gasteiger partial charge on any atom is -0.0357 e. The van der Waals surface area contributed by atoms with E-state index < -0.39 is 0 Å². The maximum atomic E-state index is 2.41. The van der Waals surface area contributed by atoms with Crippen LogP contribution in [0.5, 0.6) is 0 Å². The Morgan fingerprint density at radius 2 is 1.44 bits per heavy atom. The Morgan fingerprint density at radius 1 is 0.812 bits per heavy atom. The molecule has 0 bridgehead atoms. The van der Waals surface area contributed by atoms with E-state index in [0.29, 0.717) is 0 Å². The lowest BCUT2D eigenvalue weighted by atomic mass is 9.66. The zero-order valence-corrected chi connectivity index (χ0v) is 11.4. The molecule has 0 N–H and O–H groups in total. The first-order valence-corrected chi connectivity index (χ1v) is 7.77. The van der Waals surface area contributed by atoms with Gasteiger partial charge >= 0.3 is 0 Å². The summed E-state index contributed by atoms with van der Waals surface area (Å²) in [6.07, 6.45) is 15.3. The Bertz CT molecular complexity index is 188. The highest BCUT2D eigenvalue weighted by Gasteiger charge is 2.32. The van der Waals surface area contributed by atoms with Gasteiger partial charge < -0.3 is 0 Å². The van der Waals surface area contributed by atoms with Gasteiger partial charge in [-0.3, -0.25) is 0 Å². The molecule has 2 aliphatic rings. The molecule has 0 unspecified atom stereocenters. The second-order valence-corrected chi connectivity index (χ2v) is 6.74. The molecule has 0 aliphatic heterocycles. The molecule has 0 amide bonds. The zero-order chi connectivity index (χ0) is 11.4. The Morgan fingerprint density at radius 3 is 2.12 bits per heavy atom. The average molecular weight is 222 g/mol. The molecule has 2 rings (SSSR count). The summed E-state index contributed by atoms with van der Waals surface area (Å²) in [6.45, 7) is 4.82. The molecular weight excluding hydrogens is 192 g/mol. The van der Waals surface area contributed by atoms with Crippen molar-refractivity contribution in [1.82, 2.24) is 0 Å². The predicted octanol–water partition coefficient (Wildman–Crippen LogP) is 5.42. The molecule has 0 radical (unpaired) electrons. The van der Waals surface area contributed by atoms with Gasteiger partial charge in [-0.25, -0.2) is 0 Å². The summed E-state index contributed by atoms with van der Waals surface area (Å²) >= 11 is 0. The third-order valence-corrected chi connectivity index (χ3v) is 5.00. The summed E-state index contributed by atoms with van der Waals surface area (Å²) in [5, 5.41) is 0. The van der Waals surface area contributed by atoms with E-state index in [0.717, 1.165) is 23.7 Å². The van der Waals surface area contributed by atoms with Crippen LogP contribution in [0.25, 0.3) is 0 Å². The Kier molecular flexibility index (Phi) is 4.73. The summed E-state index contributed by atoms with van der Waals surface area (Å²) < 4.78 is 0. The van der Waals surface area contributed by atoms with Gasteiger partial charge in [0.15, 0.2) is 0 Å². The van der Waals surface area contributed by atoms with Gasteiger partial charge in [0.05, 0.1) is 0 Å². The van der Waals surface area contributed by atoms with Crippen LogP contribution in [-0.4, -0.2) is 0 Å². The van der Waals surface area contributed by atoms with Crippen molar-refractivity contribution in [3.05, 3.63) is 0 Å². The predicted molar refractivity (Wildman–Crippen MR) is 71.5 cm³/mol. The number of hydrogen-bond acceptors (Lipinski definition) is 0. The summed E-state index contributed by atoms with van der Waals surface area (Å²) in [7, 11) is 0. The molecule has 94 valence electrons. The highest BCUT2D eigenvalue weighted by molar-refractivity contribution is 4.83. The first kappa shape index (κ1) is 12.5. The molecule has 0 aromatic heterocycles. The van der Waals surface area contributed by atoms with Crippen LogP contribution in [0.1, 0.15) is 78.1 Å². The molecule has 2 aliphatic carbocycles. The lowest BCUT2D eigenvalue weighted by Gasteiger charge is -2.40. The van der Waals surface area contributed by atoms with E-state index in [1.165, 1.54) is 38.5 Å². The van der Waals surface area contributed by atoms with Gasteiger partial charge in [-0.1, -0.05) is 65.2 Å². The van der Waals surface area contributed by atoms with Crippen LogP contribution in [0.4, 0.5) is 0 Å². The summed E-state index contributed by atoms with van der Waals surface area (Å²) in [6, 6.07) is 0.